The van der Waals surface area contributed by atoms with E-state index in [9.17, 15) is 19.7 Å². The van der Waals surface area contributed by atoms with Gasteiger partial charge < -0.3 is 10.0 Å². The van der Waals surface area contributed by atoms with E-state index in [2.05, 4.69) is 0 Å². The summed E-state index contributed by atoms with van der Waals surface area (Å²) in [5, 5.41) is 20.4. The standard InChI is InChI=1S/C18H17ClN2O5/c1-12(22)20(11-15-4-2-3-5-16(15)19)17-7-6-14(18(23)24)10-13(17)8-9-21(25)26/h2-7,10H,8-9,11H2,1H3,(H,23,24). The first-order valence-electron chi connectivity index (χ1n) is 7.79. The molecule has 1 N–H and O–H groups in total. The van der Waals surface area contributed by atoms with E-state index < -0.39 is 10.9 Å². The van der Waals surface area contributed by atoms with Crippen molar-refractivity contribution in [2.75, 3.05) is 11.4 Å². The van der Waals surface area contributed by atoms with Crippen LogP contribution in [0.4, 0.5) is 5.69 Å². The maximum atomic E-state index is 12.2. The van der Waals surface area contributed by atoms with Gasteiger partial charge in [0.1, 0.15) is 0 Å². The lowest BCUT2D eigenvalue weighted by Gasteiger charge is -2.24. The largest absolute Gasteiger partial charge is 0.478 e. The molecular formula is C18H17ClN2O5. The van der Waals surface area contributed by atoms with Gasteiger partial charge in [-0.15, -0.1) is 0 Å². The fourth-order valence-corrected chi connectivity index (χ4v) is 2.75. The second-order valence-electron chi connectivity index (χ2n) is 5.65. The van der Waals surface area contributed by atoms with E-state index in [1.54, 1.807) is 24.3 Å². The quantitative estimate of drug-likeness (QED) is 0.589. The summed E-state index contributed by atoms with van der Waals surface area (Å²) in [5.74, 6) is -1.42. The summed E-state index contributed by atoms with van der Waals surface area (Å²) in [5.41, 5.74) is 1.58. The molecule has 0 saturated heterocycles. The number of amides is 1. The van der Waals surface area contributed by atoms with Crippen molar-refractivity contribution in [2.24, 2.45) is 0 Å². The first-order valence-corrected chi connectivity index (χ1v) is 8.17. The van der Waals surface area contributed by atoms with E-state index in [0.29, 0.717) is 21.8 Å². The molecule has 2 rings (SSSR count). The molecule has 0 spiro atoms. The number of hydrogen-bond donors (Lipinski definition) is 1. The molecule has 0 atom stereocenters. The SMILES string of the molecule is CC(=O)N(Cc1ccccc1Cl)c1ccc(C(=O)O)cc1CC[N+](=O)[O-]. The van der Waals surface area contributed by atoms with E-state index in [0.717, 1.165) is 0 Å². The Labute approximate surface area is 155 Å². The van der Waals surface area contributed by atoms with Crippen LogP contribution in [0.3, 0.4) is 0 Å². The summed E-state index contributed by atoms with van der Waals surface area (Å²) in [6, 6.07) is 11.3. The number of halogens is 1. The average Bonchev–Trinajstić information content (AvgIpc) is 2.58. The smallest absolute Gasteiger partial charge is 0.335 e. The lowest BCUT2D eigenvalue weighted by molar-refractivity contribution is -0.479. The Hall–Kier alpha value is -2.93. The van der Waals surface area contributed by atoms with Gasteiger partial charge in [0.2, 0.25) is 12.5 Å². The first-order chi connectivity index (χ1) is 12.3. The van der Waals surface area contributed by atoms with Gasteiger partial charge in [-0.25, -0.2) is 4.79 Å². The van der Waals surface area contributed by atoms with Crippen LogP contribution in [0, 0.1) is 10.1 Å². The van der Waals surface area contributed by atoms with Crippen LogP contribution in [0.15, 0.2) is 42.5 Å². The van der Waals surface area contributed by atoms with Crippen LogP contribution >= 0.6 is 11.6 Å². The summed E-state index contributed by atoms with van der Waals surface area (Å²) in [7, 11) is 0. The molecule has 0 radical (unpaired) electrons. The first kappa shape index (κ1) is 19.4. The van der Waals surface area contributed by atoms with Crippen LogP contribution in [-0.2, 0) is 17.8 Å². The summed E-state index contributed by atoms with van der Waals surface area (Å²) in [6.45, 7) is 1.18. The minimum atomic E-state index is -1.14. The van der Waals surface area contributed by atoms with Gasteiger partial charge in [0, 0.05) is 29.0 Å². The maximum absolute atomic E-state index is 12.2. The second kappa shape index (κ2) is 8.44. The number of carboxylic acids is 1. The van der Waals surface area contributed by atoms with Gasteiger partial charge in [0.05, 0.1) is 12.1 Å². The number of anilines is 1. The zero-order valence-corrected chi connectivity index (χ0v) is 14.8. The highest BCUT2D eigenvalue weighted by Gasteiger charge is 2.19. The molecule has 0 saturated carbocycles. The van der Waals surface area contributed by atoms with Crippen molar-refractivity contribution in [1.29, 1.82) is 0 Å². The molecule has 8 heteroatoms. The number of nitrogens with zero attached hydrogens (tertiary/aromatic N) is 2. The Kier molecular flexibility index (Phi) is 6.30. The molecule has 0 aliphatic rings. The molecule has 1 amide bonds. The number of hydrogen-bond acceptors (Lipinski definition) is 4. The topological polar surface area (TPSA) is 101 Å². The molecule has 2 aromatic carbocycles. The van der Waals surface area contributed by atoms with Crippen molar-refractivity contribution in [3.8, 4) is 0 Å². The fourth-order valence-electron chi connectivity index (χ4n) is 2.56. The van der Waals surface area contributed by atoms with E-state index >= 15 is 0 Å². The number of carbonyl (C=O) groups is 2. The van der Waals surface area contributed by atoms with Crippen LogP contribution in [0.2, 0.25) is 5.02 Å². The number of carboxylic acid groups (broad SMARTS) is 1. The molecule has 136 valence electrons. The summed E-state index contributed by atoms with van der Waals surface area (Å²) >= 11 is 6.16. The van der Waals surface area contributed by atoms with Crippen LogP contribution in [0.1, 0.15) is 28.4 Å². The minimum absolute atomic E-state index is 0.00773. The van der Waals surface area contributed by atoms with E-state index in [4.69, 9.17) is 16.7 Å². The van der Waals surface area contributed by atoms with Crippen LogP contribution in [-0.4, -0.2) is 28.5 Å². The summed E-state index contributed by atoms with van der Waals surface area (Å²) in [6.07, 6.45) is 0.00968. The van der Waals surface area contributed by atoms with Gasteiger partial charge >= 0.3 is 5.97 Å². The molecule has 26 heavy (non-hydrogen) atoms. The molecule has 0 bridgehead atoms. The molecule has 7 nitrogen and oxygen atoms in total. The lowest BCUT2D eigenvalue weighted by Crippen LogP contribution is -2.29. The van der Waals surface area contributed by atoms with E-state index in [1.807, 2.05) is 0 Å². The highest BCUT2D eigenvalue weighted by molar-refractivity contribution is 6.31. The van der Waals surface area contributed by atoms with Crippen molar-refractivity contribution < 1.29 is 19.6 Å². The van der Waals surface area contributed by atoms with E-state index in [-0.39, 0.29) is 31.0 Å². The molecule has 0 heterocycles. The molecule has 0 unspecified atom stereocenters. The molecule has 0 aliphatic carbocycles. The van der Waals surface area contributed by atoms with Crippen LogP contribution in [0.25, 0.3) is 0 Å². The van der Waals surface area contributed by atoms with Gasteiger partial charge in [-0.3, -0.25) is 14.9 Å². The summed E-state index contributed by atoms with van der Waals surface area (Å²) in [4.78, 5) is 35.1. The lowest BCUT2D eigenvalue weighted by atomic mass is 10.0. The van der Waals surface area contributed by atoms with Crippen molar-refractivity contribution >= 4 is 29.2 Å². The van der Waals surface area contributed by atoms with Gasteiger partial charge in [-0.1, -0.05) is 29.8 Å². The zero-order chi connectivity index (χ0) is 19.3. The highest BCUT2D eigenvalue weighted by atomic mass is 35.5. The van der Waals surface area contributed by atoms with Gasteiger partial charge in [0.15, 0.2) is 0 Å². The molecule has 0 aromatic heterocycles. The normalized spacial score (nSPS) is 10.4. The number of rotatable bonds is 7. The Morgan fingerprint density at radius 2 is 1.88 bits per heavy atom. The highest BCUT2D eigenvalue weighted by Crippen LogP contribution is 2.27. The monoisotopic (exact) mass is 376 g/mol. The second-order valence-corrected chi connectivity index (χ2v) is 6.06. The van der Waals surface area contributed by atoms with Crippen molar-refractivity contribution in [3.05, 3.63) is 74.3 Å². The van der Waals surface area contributed by atoms with E-state index in [1.165, 1.54) is 30.0 Å². The number of nitro groups is 1. The molecule has 0 aliphatic heterocycles. The molecule has 2 aromatic rings. The van der Waals surface area contributed by atoms with Crippen LogP contribution in [0.5, 0.6) is 0 Å². The number of benzene rings is 2. The third-order valence-corrected chi connectivity index (χ3v) is 4.22. The Morgan fingerprint density at radius 3 is 2.46 bits per heavy atom. The zero-order valence-electron chi connectivity index (χ0n) is 14.0. The van der Waals surface area contributed by atoms with Gasteiger partial charge in [-0.05, 0) is 35.4 Å². The van der Waals surface area contributed by atoms with Crippen LogP contribution < -0.4 is 4.90 Å². The van der Waals surface area contributed by atoms with Gasteiger partial charge in [0.25, 0.3) is 0 Å². The fraction of sp³-hybridized carbons (Fsp3) is 0.222. The van der Waals surface area contributed by atoms with Crippen molar-refractivity contribution in [1.82, 2.24) is 0 Å². The third-order valence-electron chi connectivity index (χ3n) is 3.85. The van der Waals surface area contributed by atoms with Crippen molar-refractivity contribution in [2.45, 2.75) is 19.9 Å². The number of carbonyl (C=O) groups excluding carboxylic acids is 1. The minimum Gasteiger partial charge on any atom is -0.478 e. The summed E-state index contributed by atoms with van der Waals surface area (Å²) < 4.78 is 0. The number of aromatic carboxylic acids is 1. The van der Waals surface area contributed by atoms with Crippen molar-refractivity contribution in [3.63, 3.8) is 0 Å². The third kappa shape index (κ3) is 4.80. The predicted molar refractivity (Wildman–Crippen MR) is 97.3 cm³/mol. The Morgan fingerprint density at radius 1 is 1.19 bits per heavy atom. The molecule has 0 fully saturated rings. The van der Waals surface area contributed by atoms with Gasteiger partial charge in [-0.2, -0.15) is 0 Å². The Bertz CT molecular complexity index is 853. The predicted octanol–water partition coefficient (Wildman–Crippen LogP) is 3.41. The Balaban J connectivity index is 2.46. The molecular weight excluding hydrogens is 360 g/mol. The maximum Gasteiger partial charge on any atom is 0.335 e. The average molecular weight is 377 g/mol.